The summed E-state index contributed by atoms with van der Waals surface area (Å²) < 4.78 is 10.5. The fourth-order valence-corrected chi connectivity index (χ4v) is 1.77. The van der Waals surface area contributed by atoms with Crippen LogP contribution in [0.5, 0.6) is 0 Å². The average molecular weight is 257 g/mol. The van der Waals surface area contributed by atoms with E-state index in [2.05, 4.69) is 5.43 Å². The Morgan fingerprint density at radius 3 is 3.00 bits per heavy atom. The van der Waals surface area contributed by atoms with Crippen molar-refractivity contribution in [1.29, 1.82) is 0 Å². The molecule has 2 N–H and O–H groups in total. The third-order valence-electron chi connectivity index (χ3n) is 2.61. The molecule has 1 atom stereocenters. The fraction of sp³-hybridized carbons (Fsp3) is 0.700. The third kappa shape index (κ3) is 3.41. The molecular weight excluding hydrogens is 242 g/mol. The van der Waals surface area contributed by atoms with Gasteiger partial charge in [0.1, 0.15) is 13.2 Å². The first kappa shape index (κ1) is 12.8. The fourth-order valence-electron chi connectivity index (χ4n) is 1.77. The summed E-state index contributed by atoms with van der Waals surface area (Å²) in [6.45, 7) is 0.753. The number of carbonyl (C=O) groups excluding carboxylic acids is 3. The van der Waals surface area contributed by atoms with Gasteiger partial charge in [-0.25, -0.2) is 9.80 Å². The maximum absolute atomic E-state index is 11.4. The van der Waals surface area contributed by atoms with Gasteiger partial charge in [0.2, 0.25) is 5.91 Å². The number of imide groups is 1. The molecule has 0 aromatic heterocycles. The molecule has 0 aliphatic carbocycles. The lowest BCUT2D eigenvalue weighted by Gasteiger charge is -2.15. The quantitative estimate of drug-likeness (QED) is 0.601. The van der Waals surface area contributed by atoms with Crippen LogP contribution in [0, 0.1) is 0 Å². The first-order valence-electron chi connectivity index (χ1n) is 5.75. The van der Waals surface area contributed by atoms with Gasteiger partial charge in [0.25, 0.3) is 5.91 Å². The summed E-state index contributed by atoms with van der Waals surface area (Å²) in [4.78, 5) is 33.4. The Hall–Kier alpha value is -1.67. The van der Waals surface area contributed by atoms with E-state index in [-0.39, 0.29) is 19.3 Å². The van der Waals surface area contributed by atoms with Crippen LogP contribution in [-0.4, -0.2) is 55.3 Å². The van der Waals surface area contributed by atoms with Crippen molar-refractivity contribution in [3.8, 4) is 0 Å². The largest absolute Gasteiger partial charge is 0.376 e. The number of carbonyl (C=O) groups is 3. The van der Waals surface area contributed by atoms with E-state index in [9.17, 15) is 14.4 Å². The van der Waals surface area contributed by atoms with Crippen molar-refractivity contribution in [2.45, 2.75) is 18.9 Å². The Morgan fingerprint density at radius 1 is 1.56 bits per heavy atom. The highest BCUT2D eigenvalue weighted by atomic mass is 16.5. The number of hydrogen-bond acceptors (Lipinski definition) is 5. The lowest BCUT2D eigenvalue weighted by molar-refractivity contribution is -0.130. The molecule has 0 aromatic carbocycles. The van der Waals surface area contributed by atoms with Gasteiger partial charge in [-0.1, -0.05) is 0 Å². The first-order chi connectivity index (χ1) is 8.65. The summed E-state index contributed by atoms with van der Waals surface area (Å²) in [6.07, 6.45) is 2.00. The molecule has 0 aromatic rings. The molecule has 2 rings (SSSR count). The molecule has 0 bridgehead atoms. The molecule has 2 aliphatic rings. The van der Waals surface area contributed by atoms with Crippen LogP contribution in [0.25, 0.3) is 0 Å². The lowest BCUT2D eigenvalue weighted by atomic mass is 10.2. The smallest absolute Gasteiger partial charge is 0.343 e. The number of nitrogens with zero attached hydrogens (tertiary/aromatic N) is 1. The minimum atomic E-state index is -0.632. The highest BCUT2D eigenvalue weighted by molar-refractivity contribution is 6.02. The van der Waals surface area contributed by atoms with E-state index in [1.165, 1.54) is 0 Å². The van der Waals surface area contributed by atoms with Crippen molar-refractivity contribution >= 4 is 17.8 Å². The van der Waals surface area contributed by atoms with Crippen molar-refractivity contribution in [3.05, 3.63) is 0 Å². The number of urea groups is 1. The van der Waals surface area contributed by atoms with Crippen LogP contribution in [0.2, 0.25) is 0 Å². The molecule has 100 valence electrons. The predicted molar refractivity (Wildman–Crippen MR) is 58.2 cm³/mol. The number of hydrazine groups is 1. The highest BCUT2D eigenvalue weighted by Crippen LogP contribution is 2.11. The van der Waals surface area contributed by atoms with Gasteiger partial charge in [-0.15, -0.1) is 0 Å². The topological polar surface area (TPSA) is 97.0 Å². The second-order valence-corrected chi connectivity index (χ2v) is 4.12. The van der Waals surface area contributed by atoms with Gasteiger partial charge in [0, 0.05) is 6.61 Å². The molecule has 2 saturated heterocycles. The maximum atomic E-state index is 11.4. The molecule has 8 heteroatoms. The summed E-state index contributed by atoms with van der Waals surface area (Å²) in [7, 11) is 0. The van der Waals surface area contributed by atoms with E-state index in [0.717, 1.165) is 24.5 Å². The van der Waals surface area contributed by atoms with Crippen LogP contribution in [0.4, 0.5) is 4.79 Å². The van der Waals surface area contributed by atoms with Crippen molar-refractivity contribution in [2.75, 3.05) is 26.4 Å². The standard InChI is InChI=1S/C10H15N3O5/c14-8-4-13(10(16)11-8)12-9(15)6-17-5-7-2-1-3-18-7/h7H,1-6H2,(H,12,15)(H,11,14,16). The van der Waals surface area contributed by atoms with Gasteiger partial charge in [-0.3, -0.25) is 20.3 Å². The summed E-state index contributed by atoms with van der Waals surface area (Å²) in [5.74, 6) is -0.918. The summed E-state index contributed by atoms with van der Waals surface area (Å²) in [5.41, 5.74) is 2.28. The Morgan fingerprint density at radius 2 is 2.39 bits per heavy atom. The Balaban J connectivity index is 1.62. The molecule has 0 radical (unpaired) electrons. The van der Waals surface area contributed by atoms with Crippen molar-refractivity contribution in [1.82, 2.24) is 15.8 Å². The van der Waals surface area contributed by atoms with Crippen molar-refractivity contribution < 1.29 is 23.9 Å². The number of hydrogen-bond donors (Lipinski definition) is 2. The predicted octanol–water partition coefficient (Wildman–Crippen LogP) is -1.23. The van der Waals surface area contributed by atoms with Crippen LogP contribution in [0.15, 0.2) is 0 Å². The summed E-state index contributed by atoms with van der Waals surface area (Å²) in [6, 6.07) is -0.632. The van der Waals surface area contributed by atoms with Gasteiger partial charge in [-0.2, -0.15) is 0 Å². The minimum absolute atomic E-state index is 0.0504. The van der Waals surface area contributed by atoms with Crippen molar-refractivity contribution in [3.63, 3.8) is 0 Å². The van der Waals surface area contributed by atoms with Gasteiger partial charge in [0.15, 0.2) is 0 Å². The molecule has 18 heavy (non-hydrogen) atoms. The van der Waals surface area contributed by atoms with Crippen LogP contribution in [0.3, 0.4) is 0 Å². The van der Waals surface area contributed by atoms with Gasteiger partial charge >= 0.3 is 6.03 Å². The van der Waals surface area contributed by atoms with E-state index in [0.29, 0.717) is 6.61 Å². The number of amides is 4. The van der Waals surface area contributed by atoms with Crippen LogP contribution >= 0.6 is 0 Å². The Kier molecular flexibility index (Phi) is 4.11. The zero-order valence-electron chi connectivity index (χ0n) is 9.81. The molecule has 2 heterocycles. The van der Waals surface area contributed by atoms with E-state index in [4.69, 9.17) is 9.47 Å². The molecule has 4 amide bonds. The summed E-state index contributed by atoms with van der Waals surface area (Å²) in [5, 5.41) is 2.96. The molecule has 2 aliphatic heterocycles. The first-order valence-corrected chi connectivity index (χ1v) is 5.75. The van der Waals surface area contributed by atoms with Crippen LogP contribution in [0.1, 0.15) is 12.8 Å². The van der Waals surface area contributed by atoms with E-state index in [1.807, 2.05) is 5.32 Å². The number of ether oxygens (including phenoxy) is 2. The molecule has 1 unspecified atom stereocenters. The van der Waals surface area contributed by atoms with E-state index in [1.54, 1.807) is 0 Å². The SMILES string of the molecule is O=C1CN(NC(=O)COCC2CCCO2)C(=O)N1. The Labute approximate surface area is 104 Å². The number of nitrogens with one attached hydrogen (secondary N) is 2. The zero-order chi connectivity index (χ0) is 13.0. The van der Waals surface area contributed by atoms with Crippen molar-refractivity contribution in [2.24, 2.45) is 0 Å². The Bertz CT molecular complexity index is 353. The zero-order valence-corrected chi connectivity index (χ0v) is 9.81. The van der Waals surface area contributed by atoms with E-state index >= 15 is 0 Å². The molecule has 2 fully saturated rings. The normalized spacial score (nSPS) is 23.3. The van der Waals surface area contributed by atoms with Gasteiger partial charge in [-0.05, 0) is 12.8 Å². The van der Waals surface area contributed by atoms with Gasteiger partial charge < -0.3 is 9.47 Å². The van der Waals surface area contributed by atoms with Gasteiger partial charge in [0.05, 0.1) is 12.7 Å². The minimum Gasteiger partial charge on any atom is -0.376 e. The average Bonchev–Trinajstić information content (AvgIpc) is 2.90. The monoisotopic (exact) mass is 257 g/mol. The lowest BCUT2D eigenvalue weighted by Crippen LogP contribution is -2.45. The molecule has 8 nitrogen and oxygen atoms in total. The van der Waals surface area contributed by atoms with Crippen LogP contribution < -0.4 is 10.7 Å². The highest BCUT2D eigenvalue weighted by Gasteiger charge is 2.28. The van der Waals surface area contributed by atoms with E-state index < -0.39 is 17.8 Å². The summed E-state index contributed by atoms with van der Waals surface area (Å²) >= 11 is 0. The van der Waals surface area contributed by atoms with Crippen LogP contribution in [-0.2, 0) is 19.1 Å². The second kappa shape index (κ2) is 5.78. The maximum Gasteiger partial charge on any atom is 0.343 e. The number of rotatable bonds is 5. The molecule has 0 spiro atoms. The molecular formula is C10H15N3O5. The second-order valence-electron chi connectivity index (χ2n) is 4.12. The third-order valence-corrected chi connectivity index (χ3v) is 2.61. The molecule has 0 saturated carbocycles.